The first-order valence-corrected chi connectivity index (χ1v) is 20.0. The van der Waals surface area contributed by atoms with E-state index in [1.165, 1.54) is 4.90 Å². The van der Waals surface area contributed by atoms with Crippen LogP contribution in [0.3, 0.4) is 0 Å². The molecule has 1 saturated heterocycles. The summed E-state index contributed by atoms with van der Waals surface area (Å²) in [7, 11) is -3.93. The molecule has 216 valence electrons. The summed E-state index contributed by atoms with van der Waals surface area (Å²) in [6.07, 6.45) is 2.37. The standard InChI is InChI=1S/C30H53NO5Si2/c1-23(27(32)31-25(22-34-28(31)33)21-24-17-13-12-14-18-24)26(36-38(10,11)30(5,6)7)19-15-16-20-35-37(8,9)29(2,3)4/h12-14,17-18,23,25-26H,15-16,19-22H2,1-11H3/t23?,25-,26+/m0/s1. The molecule has 0 aromatic heterocycles. The minimum atomic E-state index is -2.15. The van der Waals surface area contributed by atoms with Crippen LogP contribution < -0.4 is 0 Å². The van der Waals surface area contributed by atoms with Crippen LogP contribution in [-0.4, -0.2) is 58.9 Å². The van der Waals surface area contributed by atoms with Crippen molar-refractivity contribution < 1.29 is 23.2 Å². The Balaban J connectivity index is 2.14. The first kappa shape index (κ1) is 32.7. The van der Waals surface area contributed by atoms with E-state index in [-0.39, 0.29) is 34.7 Å². The second kappa shape index (κ2) is 12.8. The Bertz CT molecular complexity index is 921. The zero-order chi connectivity index (χ0) is 28.9. The lowest BCUT2D eigenvalue weighted by atomic mass is 9.97. The van der Waals surface area contributed by atoms with Gasteiger partial charge in [-0.3, -0.25) is 4.79 Å². The average Bonchev–Trinajstić information content (AvgIpc) is 3.15. The molecule has 0 radical (unpaired) electrons. The minimum absolute atomic E-state index is 0.0158. The molecule has 1 fully saturated rings. The molecule has 1 heterocycles. The first-order valence-electron chi connectivity index (χ1n) is 14.2. The number of amides is 2. The molecule has 0 saturated carbocycles. The van der Waals surface area contributed by atoms with E-state index in [1.807, 2.05) is 37.3 Å². The molecule has 1 aliphatic heterocycles. The summed E-state index contributed by atoms with van der Waals surface area (Å²) in [5.74, 6) is -0.649. The van der Waals surface area contributed by atoms with Crippen LogP contribution >= 0.6 is 0 Å². The number of carbonyl (C=O) groups is 2. The van der Waals surface area contributed by atoms with E-state index in [4.69, 9.17) is 13.6 Å². The number of rotatable bonds is 12. The van der Waals surface area contributed by atoms with Gasteiger partial charge in [0.2, 0.25) is 5.91 Å². The molecular weight excluding hydrogens is 511 g/mol. The average molecular weight is 564 g/mol. The smallest absolute Gasteiger partial charge is 0.416 e. The largest absolute Gasteiger partial charge is 0.447 e. The van der Waals surface area contributed by atoms with Crippen LogP contribution in [0.25, 0.3) is 0 Å². The number of unbranched alkanes of at least 4 members (excludes halogenated alkanes) is 1. The SMILES string of the molecule is CC(C(=O)N1C(=O)OC[C@@H]1Cc1ccccc1)[C@@H](CCCCO[Si](C)(C)C(C)(C)C)O[Si](C)(C)C(C)(C)C. The second-order valence-electron chi connectivity index (χ2n) is 13.9. The van der Waals surface area contributed by atoms with Crippen LogP contribution in [0, 0.1) is 5.92 Å². The normalized spacial score (nSPS) is 18.9. The van der Waals surface area contributed by atoms with Crippen molar-refractivity contribution >= 4 is 28.6 Å². The Morgan fingerprint density at radius 2 is 1.58 bits per heavy atom. The number of cyclic esters (lactones) is 1. The van der Waals surface area contributed by atoms with Crippen molar-refractivity contribution in [3.05, 3.63) is 35.9 Å². The number of imide groups is 1. The highest BCUT2D eigenvalue weighted by Crippen LogP contribution is 2.39. The summed E-state index contributed by atoms with van der Waals surface area (Å²) < 4.78 is 18.6. The molecule has 1 aromatic carbocycles. The third-order valence-electron chi connectivity index (χ3n) is 8.86. The van der Waals surface area contributed by atoms with Gasteiger partial charge < -0.3 is 13.6 Å². The van der Waals surface area contributed by atoms with E-state index in [9.17, 15) is 9.59 Å². The van der Waals surface area contributed by atoms with Crippen LogP contribution in [0.4, 0.5) is 4.79 Å². The van der Waals surface area contributed by atoms with Crippen molar-refractivity contribution in [2.75, 3.05) is 13.2 Å². The number of nitrogens with zero attached hydrogens (tertiary/aromatic N) is 1. The molecule has 1 aromatic rings. The summed E-state index contributed by atoms with van der Waals surface area (Å²) in [6, 6.07) is 9.64. The zero-order valence-electron chi connectivity index (χ0n) is 25.8. The maximum atomic E-state index is 13.8. The number of benzene rings is 1. The fourth-order valence-corrected chi connectivity index (χ4v) is 6.62. The molecule has 0 spiro atoms. The Morgan fingerprint density at radius 1 is 1.00 bits per heavy atom. The van der Waals surface area contributed by atoms with Crippen LogP contribution in [-0.2, 0) is 24.8 Å². The third-order valence-corrected chi connectivity index (χ3v) is 17.9. The molecule has 2 amide bonds. The molecule has 1 unspecified atom stereocenters. The van der Waals surface area contributed by atoms with Gasteiger partial charge in [-0.1, -0.05) is 78.8 Å². The monoisotopic (exact) mass is 563 g/mol. The van der Waals surface area contributed by atoms with Crippen molar-refractivity contribution in [3.8, 4) is 0 Å². The maximum Gasteiger partial charge on any atom is 0.416 e. The number of carbonyl (C=O) groups excluding carboxylic acids is 2. The summed E-state index contributed by atoms with van der Waals surface area (Å²) in [6.45, 7) is 25.3. The van der Waals surface area contributed by atoms with Crippen molar-refractivity contribution in [3.63, 3.8) is 0 Å². The van der Waals surface area contributed by atoms with Gasteiger partial charge >= 0.3 is 6.09 Å². The van der Waals surface area contributed by atoms with E-state index < -0.39 is 28.6 Å². The van der Waals surface area contributed by atoms with Crippen LogP contribution in [0.15, 0.2) is 30.3 Å². The summed E-state index contributed by atoms with van der Waals surface area (Å²) in [5.41, 5.74) is 1.08. The van der Waals surface area contributed by atoms with Crippen LogP contribution in [0.2, 0.25) is 36.3 Å². The van der Waals surface area contributed by atoms with E-state index >= 15 is 0 Å². The highest BCUT2D eigenvalue weighted by molar-refractivity contribution is 6.74. The first-order chi connectivity index (χ1) is 17.4. The molecule has 3 atom stereocenters. The molecule has 2 rings (SSSR count). The van der Waals surface area contributed by atoms with Gasteiger partial charge in [0.15, 0.2) is 16.6 Å². The summed E-state index contributed by atoms with van der Waals surface area (Å²) in [4.78, 5) is 27.9. The predicted molar refractivity (Wildman–Crippen MR) is 160 cm³/mol. The topological polar surface area (TPSA) is 65.1 Å². The summed E-state index contributed by atoms with van der Waals surface area (Å²) >= 11 is 0. The Kier molecular flexibility index (Phi) is 11.0. The third kappa shape index (κ3) is 8.50. The Hall–Kier alpha value is -1.49. The van der Waals surface area contributed by atoms with Gasteiger partial charge in [-0.25, -0.2) is 9.69 Å². The molecule has 38 heavy (non-hydrogen) atoms. The van der Waals surface area contributed by atoms with E-state index in [1.54, 1.807) is 0 Å². The van der Waals surface area contributed by atoms with Crippen molar-refractivity contribution in [1.82, 2.24) is 4.90 Å². The number of hydrogen-bond donors (Lipinski definition) is 0. The lowest BCUT2D eigenvalue weighted by Crippen LogP contribution is -2.50. The predicted octanol–water partition coefficient (Wildman–Crippen LogP) is 7.80. The van der Waals surface area contributed by atoms with Gasteiger partial charge in [-0.2, -0.15) is 0 Å². The fourth-order valence-electron chi connectivity index (χ4n) is 4.10. The van der Waals surface area contributed by atoms with Crippen molar-refractivity contribution in [1.29, 1.82) is 0 Å². The van der Waals surface area contributed by atoms with Crippen LogP contribution in [0.5, 0.6) is 0 Å². The molecule has 6 nitrogen and oxygen atoms in total. The zero-order valence-corrected chi connectivity index (χ0v) is 27.8. The lowest BCUT2D eigenvalue weighted by molar-refractivity contribution is -0.136. The van der Waals surface area contributed by atoms with Crippen molar-refractivity contribution in [2.45, 2.75) is 123 Å². The highest BCUT2D eigenvalue weighted by Gasteiger charge is 2.45. The second-order valence-corrected chi connectivity index (χ2v) is 23.5. The van der Waals surface area contributed by atoms with Gasteiger partial charge in [0.1, 0.15) is 6.61 Å². The number of hydrogen-bond acceptors (Lipinski definition) is 5. The molecule has 0 N–H and O–H groups in total. The Labute approximate surface area is 234 Å². The molecule has 0 aliphatic carbocycles. The van der Waals surface area contributed by atoms with E-state index in [0.29, 0.717) is 6.42 Å². The summed E-state index contributed by atoms with van der Waals surface area (Å²) in [5, 5.41) is 0.199. The van der Waals surface area contributed by atoms with Gasteiger partial charge in [0.25, 0.3) is 0 Å². The molecule has 1 aliphatic rings. The van der Waals surface area contributed by atoms with Gasteiger partial charge in [-0.05, 0) is 67.5 Å². The highest BCUT2D eigenvalue weighted by atomic mass is 28.4. The van der Waals surface area contributed by atoms with Gasteiger partial charge in [0, 0.05) is 6.61 Å². The maximum absolute atomic E-state index is 13.8. The van der Waals surface area contributed by atoms with Gasteiger partial charge in [0.05, 0.1) is 18.1 Å². The van der Waals surface area contributed by atoms with Gasteiger partial charge in [-0.15, -0.1) is 0 Å². The lowest BCUT2D eigenvalue weighted by Gasteiger charge is -2.41. The van der Waals surface area contributed by atoms with E-state index in [0.717, 1.165) is 31.4 Å². The Morgan fingerprint density at radius 3 is 2.13 bits per heavy atom. The quantitative estimate of drug-likeness (QED) is 0.192. The number of ether oxygens (including phenoxy) is 1. The minimum Gasteiger partial charge on any atom is -0.447 e. The van der Waals surface area contributed by atoms with Crippen LogP contribution in [0.1, 0.15) is 73.3 Å². The molecular formula is C30H53NO5Si2. The molecule has 0 bridgehead atoms. The fraction of sp³-hybridized carbons (Fsp3) is 0.733. The van der Waals surface area contributed by atoms with Crippen molar-refractivity contribution in [2.24, 2.45) is 5.92 Å². The van der Waals surface area contributed by atoms with E-state index in [2.05, 4.69) is 67.7 Å². The molecule has 8 heteroatoms.